The predicted octanol–water partition coefficient (Wildman–Crippen LogP) is 5.29. The number of carbonyl (C=O) groups excluding carboxylic acids is 1. The summed E-state index contributed by atoms with van der Waals surface area (Å²) in [7, 11) is 0. The van der Waals surface area contributed by atoms with Crippen molar-refractivity contribution in [2.24, 2.45) is 0 Å². The monoisotopic (exact) mass is 416 g/mol. The minimum Gasteiger partial charge on any atom is -0.369 e. The summed E-state index contributed by atoms with van der Waals surface area (Å²) in [5, 5.41) is 3.49. The molecule has 0 bridgehead atoms. The first-order chi connectivity index (χ1) is 11.4. The number of rotatable bonds is 3. The van der Waals surface area contributed by atoms with Crippen LogP contribution in [-0.2, 0) is 0 Å². The Bertz CT molecular complexity index is 886. The maximum Gasteiger partial charge on any atom is 0.258 e. The molecule has 1 amide bonds. The van der Waals surface area contributed by atoms with Crippen LogP contribution in [0.1, 0.15) is 10.4 Å². The number of hydrogen-bond donors (Lipinski definition) is 3. The van der Waals surface area contributed by atoms with E-state index in [-0.39, 0.29) is 28.0 Å². The second-order valence-electron chi connectivity index (χ2n) is 4.96. The van der Waals surface area contributed by atoms with E-state index >= 15 is 0 Å². The van der Waals surface area contributed by atoms with Crippen LogP contribution in [0.5, 0.6) is 0 Å². The van der Waals surface area contributed by atoms with Gasteiger partial charge in [0.05, 0.1) is 27.5 Å². The molecule has 1 aromatic heterocycles. The summed E-state index contributed by atoms with van der Waals surface area (Å²) >= 11 is 17.9. The van der Waals surface area contributed by atoms with Gasteiger partial charge in [-0.3, -0.25) is 4.79 Å². The number of H-pyrrole nitrogens is 1. The zero-order valence-corrected chi connectivity index (χ0v) is 15.6. The normalized spacial score (nSPS) is 10.2. The fourth-order valence-electron chi connectivity index (χ4n) is 2.17. The molecular weight excluding hydrogens is 406 g/mol. The maximum atomic E-state index is 12.4. The fraction of sp³-hybridized carbons (Fsp3) is 0. The second kappa shape index (κ2) is 7.97. The van der Waals surface area contributed by atoms with Crippen molar-refractivity contribution in [1.82, 2.24) is 9.97 Å². The summed E-state index contributed by atoms with van der Waals surface area (Å²) in [5.74, 6) is -0.0744. The van der Waals surface area contributed by atoms with Gasteiger partial charge in [0, 0.05) is 10.7 Å². The summed E-state index contributed by atoms with van der Waals surface area (Å²) in [6.45, 7) is 0. The summed E-state index contributed by atoms with van der Waals surface area (Å²) in [5.41, 5.74) is 8.00. The molecule has 3 rings (SSSR count). The first kappa shape index (κ1) is 19.4. The highest BCUT2D eigenvalue weighted by molar-refractivity contribution is 6.42. The predicted molar refractivity (Wildman–Crippen MR) is 105 cm³/mol. The van der Waals surface area contributed by atoms with Crippen LogP contribution in [0.25, 0.3) is 11.3 Å². The quantitative estimate of drug-likeness (QED) is 0.541. The lowest BCUT2D eigenvalue weighted by atomic mass is 10.1. The molecule has 5 nitrogen and oxygen atoms in total. The average Bonchev–Trinajstić information content (AvgIpc) is 2.93. The van der Waals surface area contributed by atoms with Crippen molar-refractivity contribution >= 4 is 64.8 Å². The van der Waals surface area contributed by atoms with Crippen LogP contribution in [0.3, 0.4) is 0 Å². The van der Waals surface area contributed by atoms with Gasteiger partial charge in [0.15, 0.2) is 5.95 Å². The highest BCUT2D eigenvalue weighted by Crippen LogP contribution is 2.30. The van der Waals surface area contributed by atoms with Gasteiger partial charge >= 0.3 is 0 Å². The van der Waals surface area contributed by atoms with Gasteiger partial charge in [0.25, 0.3) is 5.91 Å². The Morgan fingerprint density at radius 3 is 2.20 bits per heavy atom. The first-order valence-electron chi connectivity index (χ1n) is 6.81. The molecule has 0 spiro atoms. The van der Waals surface area contributed by atoms with Crippen LogP contribution < -0.4 is 11.1 Å². The Kier molecular flexibility index (Phi) is 6.19. The van der Waals surface area contributed by atoms with Crippen molar-refractivity contribution in [3.8, 4) is 11.3 Å². The highest BCUT2D eigenvalue weighted by atomic mass is 35.5. The van der Waals surface area contributed by atoms with E-state index in [4.69, 9.17) is 40.5 Å². The van der Waals surface area contributed by atoms with Crippen molar-refractivity contribution in [1.29, 1.82) is 0 Å². The third-order valence-corrected chi connectivity index (χ3v) is 4.10. The number of halogens is 4. The molecule has 0 saturated carbocycles. The van der Waals surface area contributed by atoms with Gasteiger partial charge in [0.1, 0.15) is 0 Å². The molecule has 4 N–H and O–H groups in total. The number of carbonyl (C=O) groups is 1. The Balaban J connectivity index is 0.00000225. The number of nitrogens with zero attached hydrogens (tertiary/aromatic N) is 1. The molecule has 9 heteroatoms. The Morgan fingerprint density at radius 2 is 1.68 bits per heavy atom. The number of anilines is 2. The minimum absolute atomic E-state index is 0. The van der Waals surface area contributed by atoms with Crippen LogP contribution in [0.2, 0.25) is 15.1 Å². The highest BCUT2D eigenvalue weighted by Gasteiger charge is 2.16. The van der Waals surface area contributed by atoms with E-state index in [9.17, 15) is 4.79 Å². The van der Waals surface area contributed by atoms with Crippen molar-refractivity contribution in [2.45, 2.75) is 0 Å². The van der Waals surface area contributed by atoms with E-state index in [1.807, 2.05) is 12.1 Å². The first-order valence-corrected chi connectivity index (χ1v) is 7.94. The lowest BCUT2D eigenvalue weighted by Gasteiger charge is -2.09. The van der Waals surface area contributed by atoms with E-state index in [0.29, 0.717) is 16.7 Å². The van der Waals surface area contributed by atoms with Crippen molar-refractivity contribution < 1.29 is 4.79 Å². The summed E-state index contributed by atoms with van der Waals surface area (Å²) in [6.07, 6.45) is 1.64. The standard InChI is InChI=1S/C16H11Cl3N4O.ClH/c17-9-5-11(18)14(12(19)6-9)15(24)22-10-3-1-8(2-4-10)13-7-21-16(20)23-13;/h1-7H,(H,22,24)(H3,20,21,23);1H. The number of nitrogens with two attached hydrogens (primary N) is 1. The number of nitrogen functional groups attached to an aromatic ring is 1. The van der Waals surface area contributed by atoms with Crippen LogP contribution in [0.4, 0.5) is 11.6 Å². The number of hydrogen-bond acceptors (Lipinski definition) is 3. The number of amides is 1. The van der Waals surface area contributed by atoms with Crippen LogP contribution in [-0.4, -0.2) is 15.9 Å². The average molecular weight is 418 g/mol. The third-order valence-electron chi connectivity index (χ3n) is 3.28. The number of benzene rings is 2. The van der Waals surface area contributed by atoms with Crippen molar-refractivity contribution in [3.63, 3.8) is 0 Å². The lowest BCUT2D eigenvalue weighted by Crippen LogP contribution is -2.13. The SMILES string of the molecule is Cl.Nc1ncc(-c2ccc(NC(=O)c3c(Cl)cc(Cl)cc3Cl)cc2)[nH]1. The number of nitrogens with one attached hydrogen (secondary N) is 2. The molecule has 3 aromatic rings. The van der Waals surface area contributed by atoms with E-state index < -0.39 is 5.91 Å². The lowest BCUT2D eigenvalue weighted by molar-refractivity contribution is 0.102. The van der Waals surface area contributed by atoms with Gasteiger partial charge in [-0.1, -0.05) is 46.9 Å². The summed E-state index contributed by atoms with van der Waals surface area (Å²) in [4.78, 5) is 19.2. The maximum absolute atomic E-state index is 12.4. The van der Waals surface area contributed by atoms with Crippen LogP contribution >= 0.6 is 47.2 Å². The molecule has 0 saturated heterocycles. The van der Waals surface area contributed by atoms with Gasteiger partial charge in [0.2, 0.25) is 0 Å². The molecule has 1 heterocycles. The molecular formula is C16H12Cl4N4O. The fourth-order valence-corrected chi connectivity index (χ4v) is 3.16. The number of aromatic amines is 1. The summed E-state index contributed by atoms with van der Waals surface area (Å²) < 4.78 is 0. The number of aromatic nitrogens is 2. The Morgan fingerprint density at radius 1 is 1.08 bits per heavy atom. The molecule has 25 heavy (non-hydrogen) atoms. The molecule has 0 aliphatic carbocycles. The van der Waals surface area contributed by atoms with E-state index in [1.165, 1.54) is 12.1 Å². The Hall–Kier alpha value is -1.92. The topological polar surface area (TPSA) is 83.8 Å². The smallest absolute Gasteiger partial charge is 0.258 e. The van der Waals surface area contributed by atoms with Crippen LogP contribution in [0, 0.1) is 0 Å². The zero-order chi connectivity index (χ0) is 17.3. The molecule has 0 radical (unpaired) electrons. The molecule has 130 valence electrons. The Labute approximate surface area is 164 Å². The van der Waals surface area contributed by atoms with Gasteiger partial charge in [-0.05, 0) is 29.8 Å². The van der Waals surface area contributed by atoms with E-state index in [0.717, 1.165) is 11.3 Å². The molecule has 0 atom stereocenters. The summed E-state index contributed by atoms with van der Waals surface area (Å²) in [6, 6.07) is 10.1. The van der Waals surface area contributed by atoms with Gasteiger partial charge in [-0.2, -0.15) is 0 Å². The van der Waals surface area contributed by atoms with E-state index in [2.05, 4.69) is 15.3 Å². The largest absolute Gasteiger partial charge is 0.369 e. The molecule has 0 fully saturated rings. The molecule has 0 aliphatic heterocycles. The van der Waals surface area contributed by atoms with Crippen LogP contribution in [0.15, 0.2) is 42.6 Å². The molecule has 2 aromatic carbocycles. The van der Waals surface area contributed by atoms with Gasteiger partial charge in [-0.15, -0.1) is 12.4 Å². The molecule has 0 unspecified atom stereocenters. The minimum atomic E-state index is -0.416. The van der Waals surface area contributed by atoms with Crippen molar-refractivity contribution in [3.05, 3.63) is 63.2 Å². The van der Waals surface area contributed by atoms with Gasteiger partial charge < -0.3 is 16.0 Å². The second-order valence-corrected chi connectivity index (χ2v) is 6.21. The third kappa shape index (κ3) is 4.38. The number of imidazole rings is 1. The van der Waals surface area contributed by atoms with E-state index in [1.54, 1.807) is 18.3 Å². The molecule has 0 aliphatic rings. The zero-order valence-electron chi connectivity index (χ0n) is 12.5. The van der Waals surface area contributed by atoms with Crippen molar-refractivity contribution in [2.75, 3.05) is 11.1 Å². The van der Waals surface area contributed by atoms with Gasteiger partial charge in [-0.25, -0.2) is 4.98 Å².